The highest BCUT2D eigenvalue weighted by Crippen LogP contribution is 2.20. The molecule has 0 radical (unpaired) electrons. The van der Waals surface area contributed by atoms with Crippen LogP contribution in [0.15, 0.2) is 46.0 Å². The smallest absolute Gasteiger partial charge is 0.191 e. The van der Waals surface area contributed by atoms with E-state index in [1.807, 2.05) is 32.3 Å². The van der Waals surface area contributed by atoms with Crippen LogP contribution in [0, 0.1) is 6.92 Å². The molecule has 0 fully saturated rings. The second-order valence-corrected chi connectivity index (χ2v) is 6.75. The van der Waals surface area contributed by atoms with Crippen molar-refractivity contribution in [2.75, 3.05) is 48.0 Å². The average molecular weight is 516 g/mol. The standard InChI is InChI=1S/C21H32N4O3.HI/c1-16-8-9-17(20(13-16)28-12-11-26-5)14-23-21(22-2)24-15-18(25(3)4)19-7-6-10-27-19;/h6-10,13,18H,11-12,14-15H2,1-5H3,(H2,22,23,24);1H. The molecule has 2 N–H and O–H groups in total. The Labute approximate surface area is 190 Å². The van der Waals surface area contributed by atoms with Crippen LogP contribution < -0.4 is 15.4 Å². The van der Waals surface area contributed by atoms with Gasteiger partial charge >= 0.3 is 0 Å². The Kier molecular flexibility index (Phi) is 11.7. The molecule has 0 aliphatic carbocycles. The number of likely N-dealkylation sites (N-methyl/N-ethyl adjacent to an activating group) is 1. The van der Waals surface area contributed by atoms with Crippen LogP contribution in [0.25, 0.3) is 0 Å². The van der Waals surface area contributed by atoms with E-state index >= 15 is 0 Å². The van der Waals surface area contributed by atoms with Gasteiger partial charge in [-0.1, -0.05) is 12.1 Å². The van der Waals surface area contributed by atoms with Gasteiger partial charge in [0.25, 0.3) is 0 Å². The summed E-state index contributed by atoms with van der Waals surface area (Å²) >= 11 is 0. The van der Waals surface area contributed by atoms with Crippen molar-refractivity contribution >= 4 is 29.9 Å². The summed E-state index contributed by atoms with van der Waals surface area (Å²) in [5.41, 5.74) is 2.23. The van der Waals surface area contributed by atoms with E-state index in [4.69, 9.17) is 13.9 Å². The van der Waals surface area contributed by atoms with Crippen molar-refractivity contribution in [3.63, 3.8) is 0 Å². The fourth-order valence-corrected chi connectivity index (χ4v) is 2.79. The van der Waals surface area contributed by atoms with E-state index in [-0.39, 0.29) is 30.0 Å². The number of methoxy groups -OCH3 is 1. The molecule has 0 spiro atoms. The molecule has 2 rings (SSSR count). The molecular weight excluding hydrogens is 483 g/mol. The van der Waals surface area contributed by atoms with Crippen molar-refractivity contribution in [3.8, 4) is 5.75 Å². The summed E-state index contributed by atoms with van der Waals surface area (Å²) in [7, 11) is 7.49. The summed E-state index contributed by atoms with van der Waals surface area (Å²) in [6, 6.07) is 10.2. The van der Waals surface area contributed by atoms with E-state index < -0.39 is 0 Å². The summed E-state index contributed by atoms with van der Waals surface area (Å²) in [6.07, 6.45) is 1.70. The highest BCUT2D eigenvalue weighted by molar-refractivity contribution is 14.0. The molecule has 0 bridgehead atoms. The minimum atomic E-state index is 0. The Balaban J connectivity index is 0.00000420. The van der Waals surface area contributed by atoms with Gasteiger partial charge < -0.3 is 24.5 Å². The molecule has 0 saturated carbocycles. The number of aryl methyl sites for hydroxylation is 1. The summed E-state index contributed by atoms with van der Waals surface area (Å²) < 4.78 is 16.5. The SMILES string of the molecule is CN=C(NCc1ccc(C)cc1OCCOC)NCC(c1ccco1)N(C)C.I. The zero-order valence-electron chi connectivity index (χ0n) is 17.9. The van der Waals surface area contributed by atoms with Crippen molar-refractivity contribution in [1.82, 2.24) is 15.5 Å². The van der Waals surface area contributed by atoms with Gasteiger partial charge in [-0.15, -0.1) is 24.0 Å². The fraction of sp³-hybridized carbons (Fsp3) is 0.476. The molecule has 0 aliphatic heterocycles. The third-order valence-electron chi connectivity index (χ3n) is 4.40. The highest BCUT2D eigenvalue weighted by atomic mass is 127. The number of ether oxygens (including phenoxy) is 2. The molecule has 7 nitrogen and oxygen atoms in total. The van der Waals surface area contributed by atoms with Crippen LogP contribution in [0.2, 0.25) is 0 Å². The molecule has 0 saturated heterocycles. The summed E-state index contributed by atoms with van der Waals surface area (Å²) in [5.74, 6) is 2.50. The predicted octanol–water partition coefficient (Wildman–Crippen LogP) is 3.20. The molecule has 29 heavy (non-hydrogen) atoms. The van der Waals surface area contributed by atoms with Gasteiger partial charge in [0, 0.05) is 32.8 Å². The molecule has 0 amide bonds. The van der Waals surface area contributed by atoms with Crippen molar-refractivity contribution in [1.29, 1.82) is 0 Å². The molecule has 1 unspecified atom stereocenters. The quantitative estimate of drug-likeness (QED) is 0.219. The van der Waals surface area contributed by atoms with Crippen LogP contribution in [0.1, 0.15) is 22.9 Å². The number of nitrogens with one attached hydrogen (secondary N) is 2. The van der Waals surface area contributed by atoms with Crippen molar-refractivity contribution in [2.24, 2.45) is 4.99 Å². The maximum Gasteiger partial charge on any atom is 0.191 e. The summed E-state index contributed by atoms with van der Waals surface area (Å²) in [6.45, 7) is 4.41. The maximum absolute atomic E-state index is 5.86. The zero-order chi connectivity index (χ0) is 20.4. The van der Waals surface area contributed by atoms with Crippen LogP contribution in [0.5, 0.6) is 5.75 Å². The lowest BCUT2D eigenvalue weighted by molar-refractivity contribution is 0.145. The topological polar surface area (TPSA) is 71.3 Å². The first-order valence-corrected chi connectivity index (χ1v) is 9.40. The molecular formula is C21H33IN4O3. The molecule has 1 heterocycles. The molecule has 0 aliphatic rings. The monoisotopic (exact) mass is 516 g/mol. The van der Waals surface area contributed by atoms with E-state index in [2.05, 4.69) is 39.6 Å². The number of halogens is 1. The van der Waals surface area contributed by atoms with Crippen molar-refractivity contribution < 1.29 is 13.9 Å². The first kappa shape index (κ1) is 25.3. The van der Waals surface area contributed by atoms with Crippen LogP contribution in [-0.2, 0) is 11.3 Å². The molecule has 1 atom stereocenters. The van der Waals surface area contributed by atoms with Gasteiger partial charge in [0.1, 0.15) is 18.1 Å². The van der Waals surface area contributed by atoms with E-state index in [0.29, 0.717) is 26.3 Å². The second-order valence-electron chi connectivity index (χ2n) is 6.75. The average Bonchev–Trinajstić information content (AvgIpc) is 3.20. The number of guanidine groups is 1. The number of hydrogen-bond donors (Lipinski definition) is 2. The second kappa shape index (κ2) is 13.4. The van der Waals surface area contributed by atoms with Crippen LogP contribution in [0.3, 0.4) is 0 Å². The summed E-state index contributed by atoms with van der Waals surface area (Å²) in [4.78, 5) is 6.43. The lowest BCUT2D eigenvalue weighted by atomic mass is 10.1. The number of hydrogen-bond acceptors (Lipinski definition) is 5. The molecule has 1 aromatic carbocycles. The van der Waals surface area contributed by atoms with Crippen LogP contribution >= 0.6 is 24.0 Å². The van der Waals surface area contributed by atoms with E-state index in [1.54, 1.807) is 20.4 Å². The third-order valence-corrected chi connectivity index (χ3v) is 4.40. The number of benzene rings is 1. The number of aliphatic imine (C=N–C) groups is 1. The van der Waals surface area contributed by atoms with Gasteiger partial charge in [-0.3, -0.25) is 9.89 Å². The number of furan rings is 1. The number of rotatable bonds is 10. The lowest BCUT2D eigenvalue weighted by Crippen LogP contribution is -2.41. The zero-order valence-corrected chi connectivity index (χ0v) is 20.2. The largest absolute Gasteiger partial charge is 0.491 e. The minimum absolute atomic E-state index is 0. The van der Waals surface area contributed by atoms with Crippen LogP contribution in [0.4, 0.5) is 0 Å². The molecule has 2 aromatic rings. The maximum atomic E-state index is 5.86. The lowest BCUT2D eigenvalue weighted by Gasteiger charge is -2.24. The van der Waals surface area contributed by atoms with Gasteiger partial charge in [-0.2, -0.15) is 0 Å². The third kappa shape index (κ3) is 8.23. The van der Waals surface area contributed by atoms with E-state index in [0.717, 1.165) is 28.6 Å². The molecule has 8 heteroatoms. The number of nitrogens with zero attached hydrogens (tertiary/aromatic N) is 2. The van der Waals surface area contributed by atoms with Gasteiger partial charge in [-0.25, -0.2) is 0 Å². The Morgan fingerprint density at radius 2 is 2.00 bits per heavy atom. The van der Waals surface area contributed by atoms with E-state index in [9.17, 15) is 0 Å². The van der Waals surface area contributed by atoms with Gasteiger partial charge in [0.15, 0.2) is 5.96 Å². The van der Waals surface area contributed by atoms with E-state index in [1.165, 1.54) is 0 Å². The molecule has 162 valence electrons. The summed E-state index contributed by atoms with van der Waals surface area (Å²) in [5, 5.41) is 6.72. The van der Waals surface area contributed by atoms with Crippen molar-refractivity contribution in [2.45, 2.75) is 19.5 Å². The van der Waals surface area contributed by atoms with Gasteiger partial charge in [0.05, 0.1) is 18.9 Å². The Hall–Kier alpha value is -1.78. The Morgan fingerprint density at radius 1 is 1.21 bits per heavy atom. The molecule has 1 aromatic heterocycles. The van der Waals surface area contributed by atoms with Gasteiger partial charge in [0.2, 0.25) is 0 Å². The first-order chi connectivity index (χ1) is 13.5. The Bertz CT molecular complexity index is 736. The van der Waals surface area contributed by atoms with Crippen molar-refractivity contribution in [3.05, 3.63) is 53.5 Å². The first-order valence-electron chi connectivity index (χ1n) is 9.40. The van der Waals surface area contributed by atoms with Gasteiger partial charge in [-0.05, 0) is 44.8 Å². The van der Waals surface area contributed by atoms with Crippen LogP contribution in [-0.4, -0.2) is 58.9 Å². The Morgan fingerprint density at radius 3 is 2.62 bits per heavy atom. The normalized spacial score (nSPS) is 12.4. The fourth-order valence-electron chi connectivity index (χ4n) is 2.79. The highest BCUT2D eigenvalue weighted by Gasteiger charge is 2.17. The minimum Gasteiger partial charge on any atom is -0.491 e. The predicted molar refractivity (Wildman–Crippen MR) is 127 cm³/mol.